The van der Waals surface area contributed by atoms with E-state index in [2.05, 4.69) is 14.9 Å². The quantitative estimate of drug-likeness (QED) is 0.539. The number of nitrogens with zero attached hydrogens (tertiary/aromatic N) is 2. The molecule has 1 amide bonds. The highest BCUT2D eigenvalue weighted by Gasteiger charge is 2.28. The third-order valence-electron chi connectivity index (χ3n) is 5.19. The van der Waals surface area contributed by atoms with Crippen LogP contribution in [-0.2, 0) is 26.6 Å². The van der Waals surface area contributed by atoms with E-state index in [4.69, 9.17) is 0 Å². The van der Waals surface area contributed by atoms with Gasteiger partial charge in [-0.15, -0.1) is 0 Å². The van der Waals surface area contributed by atoms with Gasteiger partial charge in [0, 0.05) is 44.8 Å². The first kappa shape index (κ1) is 24.3. The Hall–Kier alpha value is -2.31. The topological polar surface area (TPSA) is 116 Å². The predicted molar refractivity (Wildman–Crippen MR) is 122 cm³/mol. The van der Waals surface area contributed by atoms with Crippen molar-refractivity contribution in [1.29, 1.82) is 0 Å². The number of hydrogen-bond donors (Lipinski definition) is 2. The van der Waals surface area contributed by atoms with Crippen LogP contribution in [0.3, 0.4) is 0 Å². The summed E-state index contributed by atoms with van der Waals surface area (Å²) in [5, 5.41) is 2.54. The minimum absolute atomic E-state index is 0.0480. The summed E-state index contributed by atoms with van der Waals surface area (Å²) >= 11 is 0. The van der Waals surface area contributed by atoms with E-state index in [0.29, 0.717) is 26.2 Å². The van der Waals surface area contributed by atoms with Gasteiger partial charge >= 0.3 is 0 Å². The highest BCUT2D eigenvalue weighted by Crippen LogP contribution is 2.18. The Kier molecular flexibility index (Phi) is 8.01. The van der Waals surface area contributed by atoms with E-state index in [9.17, 15) is 21.6 Å². The van der Waals surface area contributed by atoms with Crippen LogP contribution in [0.1, 0.15) is 15.9 Å². The molecule has 1 heterocycles. The molecule has 11 heteroatoms. The van der Waals surface area contributed by atoms with Gasteiger partial charge in [0.2, 0.25) is 20.0 Å². The largest absolute Gasteiger partial charge is 0.351 e. The van der Waals surface area contributed by atoms with Crippen molar-refractivity contribution in [2.45, 2.75) is 11.4 Å². The maximum absolute atomic E-state index is 12.9. The molecule has 0 atom stereocenters. The molecule has 0 spiro atoms. The minimum Gasteiger partial charge on any atom is -0.351 e. The normalized spacial score (nSPS) is 16.0. The van der Waals surface area contributed by atoms with E-state index >= 15 is 0 Å². The van der Waals surface area contributed by atoms with E-state index < -0.39 is 26.0 Å². The van der Waals surface area contributed by atoms with Gasteiger partial charge in [-0.25, -0.2) is 21.6 Å². The fourth-order valence-corrected chi connectivity index (χ4v) is 5.61. The SMILES string of the molecule is CN1CCN(S(=O)(=O)c2cccc(C(=O)NCCS(=O)(=O)NCc3ccccc3)c2)CC1. The zero-order valence-corrected chi connectivity index (χ0v) is 19.5. The zero-order chi connectivity index (χ0) is 23.2. The highest BCUT2D eigenvalue weighted by molar-refractivity contribution is 7.89. The summed E-state index contributed by atoms with van der Waals surface area (Å²) in [6, 6.07) is 14.9. The Balaban J connectivity index is 1.55. The smallest absolute Gasteiger partial charge is 0.251 e. The van der Waals surface area contributed by atoms with E-state index in [1.54, 1.807) is 0 Å². The number of carbonyl (C=O) groups is 1. The zero-order valence-electron chi connectivity index (χ0n) is 17.9. The van der Waals surface area contributed by atoms with Crippen molar-refractivity contribution in [3.05, 3.63) is 65.7 Å². The molecular weight excluding hydrogens is 452 g/mol. The van der Waals surface area contributed by atoms with Crippen LogP contribution in [0.4, 0.5) is 0 Å². The monoisotopic (exact) mass is 480 g/mol. The molecule has 0 saturated carbocycles. The average Bonchev–Trinajstić information content (AvgIpc) is 2.79. The van der Waals surface area contributed by atoms with Crippen LogP contribution in [0.15, 0.2) is 59.5 Å². The molecule has 2 aromatic rings. The van der Waals surface area contributed by atoms with E-state index in [0.717, 1.165) is 5.56 Å². The van der Waals surface area contributed by atoms with Crippen molar-refractivity contribution in [2.24, 2.45) is 0 Å². The first-order chi connectivity index (χ1) is 15.2. The van der Waals surface area contributed by atoms with Gasteiger partial charge in [-0.3, -0.25) is 4.79 Å². The standard InChI is InChI=1S/C21H28N4O5S2/c1-24-11-13-25(14-12-24)32(29,30)20-9-5-8-19(16-20)21(26)22-10-15-31(27,28)23-17-18-6-3-2-4-7-18/h2-9,16,23H,10-15,17H2,1H3,(H,22,26). The molecule has 2 aromatic carbocycles. The Morgan fingerprint density at radius 3 is 2.31 bits per heavy atom. The van der Waals surface area contributed by atoms with Crippen LogP contribution in [-0.4, -0.2) is 77.5 Å². The second-order valence-electron chi connectivity index (χ2n) is 7.62. The maximum Gasteiger partial charge on any atom is 0.251 e. The number of nitrogens with one attached hydrogen (secondary N) is 2. The van der Waals surface area contributed by atoms with Crippen molar-refractivity contribution in [2.75, 3.05) is 45.5 Å². The van der Waals surface area contributed by atoms with Crippen molar-refractivity contribution in [3.63, 3.8) is 0 Å². The molecule has 1 fully saturated rings. The summed E-state index contributed by atoms with van der Waals surface area (Å²) < 4.78 is 54.0. The number of sulfonamides is 2. The molecule has 1 aliphatic heterocycles. The number of piperazine rings is 1. The first-order valence-corrected chi connectivity index (χ1v) is 13.3. The Morgan fingerprint density at radius 1 is 0.938 bits per heavy atom. The minimum atomic E-state index is -3.70. The molecule has 0 aliphatic carbocycles. The lowest BCUT2D eigenvalue weighted by Gasteiger charge is -2.31. The molecule has 0 bridgehead atoms. The number of hydrogen-bond acceptors (Lipinski definition) is 6. The third kappa shape index (κ3) is 6.59. The van der Waals surface area contributed by atoms with E-state index in [-0.39, 0.29) is 29.3 Å². The fraction of sp³-hybridized carbons (Fsp3) is 0.381. The van der Waals surface area contributed by atoms with Crippen LogP contribution in [0, 0.1) is 0 Å². The van der Waals surface area contributed by atoms with Crippen molar-refractivity contribution >= 4 is 26.0 Å². The molecule has 3 rings (SSSR count). The number of carbonyl (C=O) groups excluding carboxylic acids is 1. The molecule has 32 heavy (non-hydrogen) atoms. The van der Waals surface area contributed by atoms with Gasteiger partial charge in [-0.2, -0.15) is 4.31 Å². The molecule has 174 valence electrons. The Bertz CT molecular complexity index is 1130. The number of rotatable bonds is 9. The van der Waals surface area contributed by atoms with Crippen molar-refractivity contribution in [3.8, 4) is 0 Å². The lowest BCUT2D eigenvalue weighted by Crippen LogP contribution is -2.47. The van der Waals surface area contributed by atoms with Gasteiger partial charge in [0.25, 0.3) is 5.91 Å². The van der Waals surface area contributed by atoms with Crippen LogP contribution in [0.25, 0.3) is 0 Å². The van der Waals surface area contributed by atoms with E-state index in [1.165, 1.54) is 28.6 Å². The van der Waals surface area contributed by atoms with Crippen LogP contribution >= 0.6 is 0 Å². The lowest BCUT2D eigenvalue weighted by molar-refractivity contribution is 0.0956. The summed E-state index contributed by atoms with van der Waals surface area (Å²) in [6.07, 6.45) is 0. The second-order valence-corrected chi connectivity index (χ2v) is 11.5. The summed E-state index contributed by atoms with van der Waals surface area (Å²) in [7, 11) is -5.34. The molecule has 0 unspecified atom stereocenters. The van der Waals surface area contributed by atoms with Gasteiger partial charge in [0.1, 0.15) is 0 Å². The van der Waals surface area contributed by atoms with Gasteiger partial charge in [0.15, 0.2) is 0 Å². The molecule has 0 radical (unpaired) electrons. The van der Waals surface area contributed by atoms with Crippen LogP contribution in [0.2, 0.25) is 0 Å². The van der Waals surface area contributed by atoms with E-state index in [1.807, 2.05) is 37.4 Å². The summed E-state index contributed by atoms with van der Waals surface area (Å²) in [4.78, 5) is 14.6. The molecule has 0 aromatic heterocycles. The van der Waals surface area contributed by atoms with Gasteiger partial charge in [-0.1, -0.05) is 36.4 Å². The van der Waals surface area contributed by atoms with Crippen LogP contribution < -0.4 is 10.0 Å². The molecule has 1 saturated heterocycles. The first-order valence-electron chi connectivity index (χ1n) is 10.3. The predicted octanol–water partition coefficient (Wildman–Crippen LogP) is 0.472. The second kappa shape index (κ2) is 10.5. The Labute approximate surface area is 189 Å². The summed E-state index contributed by atoms with van der Waals surface area (Å²) in [5.74, 6) is -0.816. The average molecular weight is 481 g/mol. The molecule has 2 N–H and O–H groups in total. The summed E-state index contributed by atoms with van der Waals surface area (Å²) in [6.45, 7) is 2.15. The molecule has 9 nitrogen and oxygen atoms in total. The van der Waals surface area contributed by atoms with Gasteiger partial charge < -0.3 is 10.2 Å². The third-order valence-corrected chi connectivity index (χ3v) is 8.41. The lowest BCUT2D eigenvalue weighted by atomic mass is 10.2. The number of benzene rings is 2. The van der Waals surface area contributed by atoms with Gasteiger partial charge in [0.05, 0.1) is 10.6 Å². The Morgan fingerprint density at radius 2 is 1.62 bits per heavy atom. The fourth-order valence-electron chi connectivity index (χ4n) is 3.24. The summed E-state index contributed by atoms with van der Waals surface area (Å²) in [5.41, 5.74) is 0.994. The molecular formula is C21H28N4O5S2. The van der Waals surface area contributed by atoms with Crippen molar-refractivity contribution < 1.29 is 21.6 Å². The molecule has 1 aliphatic rings. The van der Waals surface area contributed by atoms with Gasteiger partial charge in [-0.05, 0) is 30.8 Å². The highest BCUT2D eigenvalue weighted by atomic mass is 32.2. The van der Waals surface area contributed by atoms with Crippen molar-refractivity contribution in [1.82, 2.24) is 19.2 Å². The van der Waals surface area contributed by atoms with Crippen LogP contribution in [0.5, 0.6) is 0 Å². The number of likely N-dealkylation sites (N-methyl/N-ethyl adjacent to an activating group) is 1. The number of amides is 1. The maximum atomic E-state index is 12.9.